The van der Waals surface area contributed by atoms with Crippen LogP contribution in [0.1, 0.15) is 46.0 Å². The Kier molecular flexibility index (Phi) is 6.22. The van der Waals surface area contributed by atoms with E-state index in [0.29, 0.717) is 13.2 Å². The zero-order valence-corrected chi connectivity index (χ0v) is 10.1. The van der Waals surface area contributed by atoms with Gasteiger partial charge in [-0.05, 0) is 26.2 Å². The van der Waals surface area contributed by atoms with Gasteiger partial charge in [0.1, 0.15) is 0 Å². The molecule has 0 aromatic rings. The Morgan fingerprint density at radius 2 is 1.67 bits per heavy atom. The molecule has 1 fully saturated rings. The molecule has 1 rings (SSSR count). The van der Waals surface area contributed by atoms with Gasteiger partial charge in [0.25, 0.3) is 0 Å². The van der Waals surface area contributed by atoms with E-state index in [1.54, 1.807) is 0 Å². The van der Waals surface area contributed by atoms with Crippen LogP contribution in [-0.4, -0.2) is 25.5 Å². The molecule has 3 nitrogen and oxygen atoms in total. The van der Waals surface area contributed by atoms with Crippen LogP contribution in [0.25, 0.3) is 0 Å². The van der Waals surface area contributed by atoms with Gasteiger partial charge in [-0.1, -0.05) is 25.7 Å². The van der Waals surface area contributed by atoms with Gasteiger partial charge in [-0.15, -0.1) is 0 Å². The lowest BCUT2D eigenvalue weighted by Crippen LogP contribution is -2.40. The minimum absolute atomic E-state index is 0.0352. The first-order chi connectivity index (χ1) is 7.27. The molecule has 1 saturated carbocycles. The number of hydrogen-bond acceptors (Lipinski definition) is 3. The summed E-state index contributed by atoms with van der Waals surface area (Å²) in [4.78, 5) is 0. The second-order valence-electron chi connectivity index (χ2n) is 4.33. The summed E-state index contributed by atoms with van der Waals surface area (Å²) in [5.74, 6) is 0.795. The second-order valence-corrected chi connectivity index (χ2v) is 4.33. The highest BCUT2D eigenvalue weighted by atomic mass is 16.7. The fourth-order valence-corrected chi connectivity index (χ4v) is 2.37. The second kappa shape index (κ2) is 7.20. The average molecular weight is 215 g/mol. The topological polar surface area (TPSA) is 44.5 Å². The van der Waals surface area contributed by atoms with Crippen LogP contribution >= 0.6 is 0 Å². The molecule has 90 valence electrons. The lowest BCUT2D eigenvalue weighted by molar-refractivity contribution is -0.150. The van der Waals surface area contributed by atoms with Crippen molar-refractivity contribution in [2.24, 2.45) is 11.7 Å². The highest BCUT2D eigenvalue weighted by Crippen LogP contribution is 2.29. The van der Waals surface area contributed by atoms with Gasteiger partial charge < -0.3 is 15.2 Å². The molecule has 1 aliphatic rings. The van der Waals surface area contributed by atoms with Gasteiger partial charge in [0.2, 0.25) is 0 Å². The smallest absolute Gasteiger partial charge is 0.172 e. The molecule has 0 amide bonds. The molecule has 0 heterocycles. The van der Waals surface area contributed by atoms with Crippen LogP contribution in [0.4, 0.5) is 0 Å². The molecule has 0 spiro atoms. The Hall–Kier alpha value is -0.120. The molecule has 0 aromatic heterocycles. The van der Waals surface area contributed by atoms with Crippen LogP contribution in [0.5, 0.6) is 0 Å². The monoisotopic (exact) mass is 215 g/mol. The quantitative estimate of drug-likeness (QED) is 0.663. The maximum atomic E-state index is 6.12. The number of hydrogen-bond donors (Lipinski definition) is 1. The van der Waals surface area contributed by atoms with Gasteiger partial charge in [-0.25, -0.2) is 0 Å². The summed E-state index contributed by atoms with van der Waals surface area (Å²) in [6, 6.07) is 0.0352. The summed E-state index contributed by atoms with van der Waals surface area (Å²) in [5, 5.41) is 0. The molecule has 3 heteroatoms. The number of nitrogens with two attached hydrogens (primary N) is 1. The van der Waals surface area contributed by atoms with E-state index >= 15 is 0 Å². The highest BCUT2D eigenvalue weighted by molar-refractivity contribution is 4.75. The van der Waals surface area contributed by atoms with E-state index in [2.05, 4.69) is 0 Å². The zero-order chi connectivity index (χ0) is 11.1. The van der Waals surface area contributed by atoms with E-state index in [-0.39, 0.29) is 12.3 Å². The third-order valence-corrected chi connectivity index (χ3v) is 3.09. The van der Waals surface area contributed by atoms with Gasteiger partial charge in [0.15, 0.2) is 6.29 Å². The van der Waals surface area contributed by atoms with Gasteiger partial charge in [-0.3, -0.25) is 0 Å². The van der Waals surface area contributed by atoms with Crippen LogP contribution in [-0.2, 0) is 9.47 Å². The minimum atomic E-state index is -0.208. The van der Waals surface area contributed by atoms with Crippen molar-refractivity contribution >= 4 is 0 Å². The number of rotatable bonds is 7. The highest BCUT2D eigenvalue weighted by Gasteiger charge is 2.24. The largest absolute Gasteiger partial charge is 0.351 e. The van der Waals surface area contributed by atoms with Gasteiger partial charge in [-0.2, -0.15) is 0 Å². The Balaban J connectivity index is 2.29. The maximum Gasteiger partial charge on any atom is 0.172 e. The predicted molar refractivity (Wildman–Crippen MR) is 61.6 cm³/mol. The lowest BCUT2D eigenvalue weighted by Gasteiger charge is -2.25. The first-order valence-corrected chi connectivity index (χ1v) is 6.26. The van der Waals surface area contributed by atoms with Crippen LogP contribution in [0.2, 0.25) is 0 Å². The van der Waals surface area contributed by atoms with Crippen molar-refractivity contribution in [3.63, 3.8) is 0 Å². The molecule has 1 aliphatic carbocycles. The van der Waals surface area contributed by atoms with E-state index in [0.717, 1.165) is 12.3 Å². The Morgan fingerprint density at radius 3 is 2.13 bits per heavy atom. The maximum absolute atomic E-state index is 6.12. The lowest BCUT2D eigenvalue weighted by atomic mass is 9.98. The van der Waals surface area contributed by atoms with Crippen molar-refractivity contribution in [1.82, 2.24) is 0 Å². The summed E-state index contributed by atoms with van der Waals surface area (Å²) in [7, 11) is 0. The van der Waals surface area contributed by atoms with Crippen molar-refractivity contribution in [3.05, 3.63) is 0 Å². The normalized spacial score (nSPS) is 20.0. The average Bonchev–Trinajstić information content (AvgIpc) is 2.70. The Labute approximate surface area is 93.3 Å². The van der Waals surface area contributed by atoms with Gasteiger partial charge in [0, 0.05) is 13.2 Å². The summed E-state index contributed by atoms with van der Waals surface area (Å²) >= 11 is 0. The standard InChI is InChI=1S/C12H25NO2/c1-3-14-12(15-4-2)11(13)9-10-7-5-6-8-10/h10-12H,3-9,13H2,1-2H3. The Bertz CT molecular complexity index is 152. The van der Waals surface area contributed by atoms with Crippen molar-refractivity contribution < 1.29 is 9.47 Å². The first kappa shape index (κ1) is 12.9. The molecule has 0 radical (unpaired) electrons. The fourth-order valence-electron chi connectivity index (χ4n) is 2.37. The third-order valence-electron chi connectivity index (χ3n) is 3.09. The van der Waals surface area contributed by atoms with Crippen molar-refractivity contribution in [1.29, 1.82) is 0 Å². The molecule has 2 N–H and O–H groups in total. The summed E-state index contributed by atoms with van der Waals surface area (Å²) in [6.07, 6.45) is 6.24. The van der Waals surface area contributed by atoms with Crippen molar-refractivity contribution in [3.8, 4) is 0 Å². The first-order valence-electron chi connectivity index (χ1n) is 6.26. The molecule has 15 heavy (non-hydrogen) atoms. The van der Waals surface area contributed by atoms with E-state index in [1.807, 2.05) is 13.8 Å². The molecule has 0 aliphatic heterocycles. The molecular formula is C12H25NO2. The molecular weight excluding hydrogens is 190 g/mol. The molecule has 0 bridgehead atoms. The number of ether oxygens (including phenoxy) is 2. The third kappa shape index (κ3) is 4.49. The van der Waals surface area contributed by atoms with E-state index in [1.165, 1.54) is 25.7 Å². The SMILES string of the molecule is CCOC(OCC)C(N)CC1CCCC1. The van der Waals surface area contributed by atoms with Crippen LogP contribution in [0.15, 0.2) is 0 Å². The summed E-state index contributed by atoms with van der Waals surface area (Å²) in [5.41, 5.74) is 6.12. The van der Waals surface area contributed by atoms with Gasteiger partial charge in [0.05, 0.1) is 6.04 Å². The van der Waals surface area contributed by atoms with Crippen molar-refractivity contribution in [2.75, 3.05) is 13.2 Å². The van der Waals surface area contributed by atoms with Crippen LogP contribution in [0.3, 0.4) is 0 Å². The molecule has 1 atom stereocenters. The zero-order valence-electron chi connectivity index (χ0n) is 10.1. The predicted octanol–water partition coefficient (Wildman–Crippen LogP) is 2.29. The molecule has 0 aromatic carbocycles. The van der Waals surface area contributed by atoms with E-state index in [9.17, 15) is 0 Å². The fraction of sp³-hybridized carbons (Fsp3) is 1.00. The van der Waals surface area contributed by atoms with E-state index < -0.39 is 0 Å². The Morgan fingerprint density at radius 1 is 1.13 bits per heavy atom. The summed E-state index contributed by atoms with van der Waals surface area (Å²) in [6.45, 7) is 5.30. The minimum Gasteiger partial charge on any atom is -0.351 e. The summed E-state index contributed by atoms with van der Waals surface area (Å²) < 4.78 is 11.0. The molecule has 0 saturated heterocycles. The van der Waals surface area contributed by atoms with Crippen molar-refractivity contribution in [2.45, 2.75) is 58.3 Å². The van der Waals surface area contributed by atoms with Crippen LogP contribution in [0, 0.1) is 5.92 Å². The van der Waals surface area contributed by atoms with Crippen LogP contribution < -0.4 is 5.73 Å². The van der Waals surface area contributed by atoms with Gasteiger partial charge >= 0.3 is 0 Å². The van der Waals surface area contributed by atoms with E-state index in [4.69, 9.17) is 15.2 Å². The molecule has 1 unspecified atom stereocenters.